The summed E-state index contributed by atoms with van der Waals surface area (Å²) in [6.07, 6.45) is 16.1. The Bertz CT molecular complexity index is 1000. The molecule has 37 heavy (non-hydrogen) atoms. The van der Waals surface area contributed by atoms with E-state index < -0.39 is 0 Å². The second-order valence-corrected chi connectivity index (χ2v) is 12.9. The lowest BCUT2D eigenvalue weighted by Gasteiger charge is -2.49. The van der Waals surface area contributed by atoms with Crippen molar-refractivity contribution in [3.05, 3.63) is 34.9 Å². The second kappa shape index (κ2) is 12.1. The van der Waals surface area contributed by atoms with E-state index in [1.807, 2.05) is 0 Å². The first-order chi connectivity index (χ1) is 17.8. The molecule has 5 heteroatoms. The van der Waals surface area contributed by atoms with Crippen LogP contribution in [0.15, 0.2) is 28.8 Å². The number of benzene rings is 1. The van der Waals surface area contributed by atoms with Crippen molar-refractivity contribution in [3.8, 4) is 11.5 Å². The molecule has 4 atom stereocenters. The first-order valence-corrected chi connectivity index (χ1v) is 16.1. The van der Waals surface area contributed by atoms with E-state index in [9.17, 15) is 5.11 Å². The minimum Gasteiger partial charge on any atom is -0.508 e. The zero-order chi connectivity index (χ0) is 26.6. The average molecular weight is 527 g/mol. The highest BCUT2D eigenvalue weighted by Crippen LogP contribution is 2.56. The van der Waals surface area contributed by atoms with Gasteiger partial charge < -0.3 is 14.7 Å². The van der Waals surface area contributed by atoms with Crippen LogP contribution < -0.4 is 4.74 Å². The van der Waals surface area contributed by atoms with Crippen LogP contribution in [0.5, 0.6) is 11.5 Å². The van der Waals surface area contributed by atoms with Gasteiger partial charge in [-0.3, -0.25) is 4.99 Å². The van der Waals surface area contributed by atoms with Crippen molar-refractivity contribution in [1.29, 1.82) is 0 Å². The number of aliphatic imine (C=N–C) groups is 1. The summed E-state index contributed by atoms with van der Waals surface area (Å²) in [5, 5.41) is 12.7. The number of amidine groups is 1. The highest BCUT2D eigenvalue weighted by atomic mass is 32.2. The minimum atomic E-state index is -0.216. The zero-order valence-electron chi connectivity index (χ0n) is 24.2. The summed E-state index contributed by atoms with van der Waals surface area (Å²) in [4.78, 5) is 7.09. The summed E-state index contributed by atoms with van der Waals surface area (Å²) < 4.78 is 6.86. The third-order valence-electron chi connectivity index (χ3n) is 9.49. The van der Waals surface area contributed by atoms with Gasteiger partial charge in [-0.25, -0.2) is 0 Å². The van der Waals surface area contributed by atoms with Gasteiger partial charge in [0, 0.05) is 30.5 Å². The van der Waals surface area contributed by atoms with Crippen LogP contribution in [0.25, 0.3) is 0 Å². The van der Waals surface area contributed by atoms with Crippen molar-refractivity contribution in [2.24, 2.45) is 10.9 Å². The van der Waals surface area contributed by atoms with Gasteiger partial charge in [-0.2, -0.15) is 0 Å². The van der Waals surface area contributed by atoms with Crippen LogP contribution in [0, 0.1) is 5.92 Å². The van der Waals surface area contributed by atoms with Gasteiger partial charge in [-0.15, -0.1) is 0 Å². The van der Waals surface area contributed by atoms with Gasteiger partial charge in [0.05, 0.1) is 6.54 Å². The standard InChI is InChI=1S/C32H50N2O2S/c1-7-10-11-12-16-31(4,15-8-2)24-20-27(35)29-25-19-23(22-34-18-17-33-30(34)37-6)13-14-26(25)32(5,9-3)36-28(29)21-24/h13,20-21,25-26,35H,7-12,14-19,22H2,1-6H3/t25-,26?,31?,32?/m0/s1. The average Bonchev–Trinajstić information content (AvgIpc) is 3.33. The summed E-state index contributed by atoms with van der Waals surface area (Å²) >= 11 is 1.75. The second-order valence-electron chi connectivity index (χ2n) is 12.1. The van der Waals surface area contributed by atoms with Gasteiger partial charge in [0.15, 0.2) is 5.17 Å². The number of rotatable bonds is 11. The fourth-order valence-corrected chi connectivity index (χ4v) is 7.74. The zero-order valence-corrected chi connectivity index (χ0v) is 25.1. The smallest absolute Gasteiger partial charge is 0.159 e. The number of nitrogens with zero attached hydrogens (tertiary/aromatic N) is 2. The lowest BCUT2D eigenvalue weighted by atomic mass is 9.65. The molecular formula is C32H50N2O2S. The van der Waals surface area contributed by atoms with Crippen molar-refractivity contribution < 1.29 is 9.84 Å². The Morgan fingerprint density at radius 3 is 2.68 bits per heavy atom. The molecular weight excluding hydrogens is 476 g/mol. The van der Waals surface area contributed by atoms with Crippen molar-refractivity contribution >= 4 is 16.9 Å². The number of allylic oxidation sites excluding steroid dienone is 1. The molecule has 0 aromatic heterocycles. The molecule has 4 nitrogen and oxygen atoms in total. The molecule has 0 fully saturated rings. The molecule has 4 rings (SSSR count). The number of hydrogen-bond acceptors (Lipinski definition) is 5. The summed E-state index contributed by atoms with van der Waals surface area (Å²) in [7, 11) is 0. The van der Waals surface area contributed by atoms with E-state index in [2.05, 4.69) is 69.0 Å². The van der Waals surface area contributed by atoms with Crippen LogP contribution in [-0.4, -0.2) is 46.7 Å². The van der Waals surface area contributed by atoms with Crippen LogP contribution in [0.4, 0.5) is 0 Å². The van der Waals surface area contributed by atoms with E-state index in [1.165, 1.54) is 36.8 Å². The number of hydrogen-bond donors (Lipinski definition) is 1. The molecule has 3 unspecified atom stereocenters. The normalized spacial score (nSPS) is 26.6. The molecule has 0 amide bonds. The number of thioether (sulfide) groups is 1. The van der Waals surface area contributed by atoms with Crippen LogP contribution in [0.2, 0.25) is 0 Å². The van der Waals surface area contributed by atoms with Gasteiger partial charge in [-0.1, -0.05) is 83.2 Å². The number of ether oxygens (including phenoxy) is 1. The van der Waals surface area contributed by atoms with Crippen molar-refractivity contribution in [1.82, 2.24) is 4.90 Å². The third kappa shape index (κ3) is 5.87. The Labute approximate surface area is 230 Å². The van der Waals surface area contributed by atoms with Crippen molar-refractivity contribution in [2.75, 3.05) is 25.9 Å². The van der Waals surface area contributed by atoms with Crippen molar-refractivity contribution in [2.45, 2.75) is 116 Å². The first-order valence-electron chi connectivity index (χ1n) is 14.9. The molecule has 3 aliphatic rings. The van der Waals surface area contributed by atoms with Crippen LogP contribution in [-0.2, 0) is 5.41 Å². The molecule has 0 radical (unpaired) electrons. The molecule has 206 valence electrons. The lowest BCUT2D eigenvalue weighted by Crippen LogP contribution is -2.48. The molecule has 0 saturated carbocycles. The van der Waals surface area contributed by atoms with Gasteiger partial charge in [0.2, 0.25) is 0 Å². The summed E-state index contributed by atoms with van der Waals surface area (Å²) in [6.45, 7) is 14.4. The van der Waals surface area contributed by atoms with Gasteiger partial charge in [-0.05, 0) is 68.4 Å². The maximum atomic E-state index is 11.6. The van der Waals surface area contributed by atoms with Crippen LogP contribution in [0.1, 0.15) is 116 Å². The number of aromatic hydroxyl groups is 1. The Kier molecular flexibility index (Phi) is 9.25. The van der Waals surface area contributed by atoms with E-state index in [-0.39, 0.29) is 11.0 Å². The Morgan fingerprint density at radius 2 is 1.97 bits per heavy atom. The topological polar surface area (TPSA) is 45.1 Å². The SMILES string of the molecule is CCCCCCC(C)(CCC)c1cc(O)c2c(c1)OC(C)(CC)C1CC=C(CN3CCN=C3SC)C[C@H]21. The molecule has 1 aliphatic carbocycles. The quantitative estimate of drug-likeness (QED) is 0.232. The summed E-state index contributed by atoms with van der Waals surface area (Å²) in [6, 6.07) is 4.41. The fourth-order valence-electron chi connectivity index (χ4n) is 7.11. The Balaban J connectivity index is 1.65. The number of phenols is 1. The molecule has 0 spiro atoms. The maximum absolute atomic E-state index is 11.6. The lowest BCUT2D eigenvalue weighted by molar-refractivity contribution is -0.0123. The molecule has 1 N–H and O–H groups in total. The molecule has 2 aliphatic heterocycles. The van der Waals surface area contributed by atoms with E-state index in [4.69, 9.17) is 4.74 Å². The highest BCUT2D eigenvalue weighted by Gasteiger charge is 2.48. The predicted octanol–water partition coefficient (Wildman–Crippen LogP) is 8.44. The largest absolute Gasteiger partial charge is 0.508 e. The van der Waals surface area contributed by atoms with E-state index in [0.717, 1.165) is 74.6 Å². The van der Waals surface area contributed by atoms with Crippen LogP contribution in [0.3, 0.4) is 0 Å². The molecule has 1 aromatic rings. The summed E-state index contributed by atoms with van der Waals surface area (Å²) in [5.74, 6) is 2.06. The molecule has 1 aromatic carbocycles. The Morgan fingerprint density at radius 1 is 1.16 bits per heavy atom. The van der Waals surface area contributed by atoms with Gasteiger partial charge in [0.1, 0.15) is 17.1 Å². The van der Waals surface area contributed by atoms with Gasteiger partial charge in [0.25, 0.3) is 0 Å². The van der Waals surface area contributed by atoms with Crippen molar-refractivity contribution in [3.63, 3.8) is 0 Å². The minimum absolute atomic E-state index is 0.0682. The molecule has 2 heterocycles. The molecule has 0 bridgehead atoms. The predicted molar refractivity (Wildman–Crippen MR) is 159 cm³/mol. The molecule has 0 saturated heterocycles. The van der Waals surface area contributed by atoms with Crippen LogP contribution >= 0.6 is 11.8 Å². The first kappa shape index (κ1) is 28.4. The highest BCUT2D eigenvalue weighted by molar-refractivity contribution is 8.13. The number of unbranched alkanes of at least 4 members (excludes halogenated alkanes) is 3. The fraction of sp³-hybridized carbons (Fsp3) is 0.719. The Hall–Kier alpha value is -1.62. The number of fused-ring (bicyclic) bond motifs is 3. The monoisotopic (exact) mass is 526 g/mol. The maximum Gasteiger partial charge on any atom is 0.159 e. The van der Waals surface area contributed by atoms with E-state index in [1.54, 1.807) is 11.8 Å². The van der Waals surface area contributed by atoms with E-state index in [0.29, 0.717) is 17.6 Å². The van der Waals surface area contributed by atoms with E-state index >= 15 is 0 Å². The van der Waals surface area contributed by atoms with Gasteiger partial charge >= 0.3 is 0 Å². The summed E-state index contributed by atoms with van der Waals surface area (Å²) in [5.41, 5.74) is 3.64. The number of phenolic OH excluding ortho intramolecular Hbond substituents is 1. The third-order valence-corrected chi connectivity index (χ3v) is 10.2.